The molecule has 0 unspecified atom stereocenters. The zero-order chi connectivity index (χ0) is 23.4. The van der Waals surface area contributed by atoms with Gasteiger partial charge in [-0.15, -0.1) is 0 Å². The van der Waals surface area contributed by atoms with Crippen LogP contribution in [0.5, 0.6) is 11.5 Å². The van der Waals surface area contributed by atoms with E-state index in [1.165, 1.54) is 19.3 Å². The lowest BCUT2D eigenvalue weighted by atomic mass is 10.1. The quantitative estimate of drug-likeness (QED) is 0.259. The number of phenols is 1. The number of hydrogen-bond donors (Lipinski definition) is 3. The first-order valence-corrected chi connectivity index (χ1v) is 9.52. The molecule has 1 heterocycles. The fourth-order valence-electron chi connectivity index (χ4n) is 3.16. The summed E-state index contributed by atoms with van der Waals surface area (Å²) < 4.78 is 4.92. The van der Waals surface area contributed by atoms with Gasteiger partial charge < -0.3 is 20.5 Å². The van der Waals surface area contributed by atoms with Gasteiger partial charge in [0.2, 0.25) is 11.7 Å². The Balaban J connectivity index is 1.80. The summed E-state index contributed by atoms with van der Waals surface area (Å²) in [5, 5.41) is 26.0. The molecular formula is C21H20N4O7. The first-order chi connectivity index (χ1) is 15.2. The number of nitrogens with zero attached hydrogens (tertiary/aromatic N) is 2. The van der Waals surface area contributed by atoms with Gasteiger partial charge in [-0.1, -0.05) is 25.1 Å². The van der Waals surface area contributed by atoms with Crippen molar-refractivity contribution < 1.29 is 29.2 Å². The van der Waals surface area contributed by atoms with Crippen LogP contribution in [0.3, 0.4) is 0 Å². The van der Waals surface area contributed by atoms with Gasteiger partial charge in [-0.25, -0.2) is 9.69 Å². The van der Waals surface area contributed by atoms with E-state index in [-0.39, 0.29) is 17.0 Å². The number of amides is 4. The molecule has 3 rings (SSSR count). The Bertz CT molecular complexity index is 1140. The second-order valence-corrected chi connectivity index (χ2v) is 6.79. The van der Waals surface area contributed by atoms with Crippen molar-refractivity contribution >= 4 is 35.3 Å². The smallest absolute Gasteiger partial charge is 0.329 e. The first-order valence-electron chi connectivity index (χ1n) is 9.52. The van der Waals surface area contributed by atoms with Crippen molar-refractivity contribution in [3.8, 4) is 11.5 Å². The number of nitro groups is 1. The average Bonchev–Trinajstić information content (AvgIpc) is 3.02. The molecule has 32 heavy (non-hydrogen) atoms. The lowest BCUT2D eigenvalue weighted by molar-refractivity contribution is -0.386. The van der Waals surface area contributed by atoms with E-state index in [0.717, 1.165) is 16.5 Å². The van der Waals surface area contributed by atoms with E-state index < -0.39 is 40.8 Å². The summed E-state index contributed by atoms with van der Waals surface area (Å²) in [7, 11) is 1.22. The van der Waals surface area contributed by atoms with Crippen LogP contribution in [0.2, 0.25) is 0 Å². The van der Waals surface area contributed by atoms with Crippen molar-refractivity contribution in [3.05, 3.63) is 63.3 Å². The number of para-hydroxylation sites is 1. The lowest BCUT2D eigenvalue weighted by Gasteiger charge is -2.13. The van der Waals surface area contributed by atoms with Crippen LogP contribution in [0.4, 0.5) is 16.2 Å². The molecule has 1 saturated heterocycles. The average molecular weight is 440 g/mol. The molecule has 1 fully saturated rings. The number of carbonyl (C=O) groups is 3. The van der Waals surface area contributed by atoms with E-state index in [9.17, 15) is 29.6 Å². The van der Waals surface area contributed by atoms with Crippen LogP contribution in [-0.2, 0) is 16.0 Å². The number of ether oxygens (including phenoxy) is 1. The minimum atomic E-state index is -0.806. The first kappa shape index (κ1) is 22.3. The van der Waals surface area contributed by atoms with E-state index in [0.29, 0.717) is 12.1 Å². The van der Waals surface area contributed by atoms with Gasteiger partial charge in [-0.2, -0.15) is 0 Å². The minimum absolute atomic E-state index is 0.137. The Morgan fingerprint density at radius 1 is 1.31 bits per heavy atom. The third-order valence-electron chi connectivity index (χ3n) is 4.74. The molecule has 11 nitrogen and oxygen atoms in total. The van der Waals surface area contributed by atoms with Gasteiger partial charge in [0.25, 0.3) is 5.91 Å². The topological polar surface area (TPSA) is 151 Å². The zero-order valence-corrected chi connectivity index (χ0v) is 17.2. The van der Waals surface area contributed by atoms with Gasteiger partial charge in [-0.3, -0.25) is 19.7 Å². The van der Waals surface area contributed by atoms with Crippen LogP contribution < -0.4 is 15.4 Å². The van der Waals surface area contributed by atoms with Crippen LogP contribution in [0.15, 0.2) is 42.1 Å². The number of aromatic hydroxyl groups is 1. The molecule has 0 saturated carbocycles. The number of aryl methyl sites for hydroxylation is 1. The molecule has 11 heteroatoms. The number of methoxy groups -OCH3 is 1. The molecule has 2 aromatic carbocycles. The predicted octanol–water partition coefficient (Wildman–Crippen LogP) is 2.40. The Morgan fingerprint density at radius 2 is 2.03 bits per heavy atom. The van der Waals surface area contributed by atoms with E-state index in [4.69, 9.17) is 4.74 Å². The summed E-state index contributed by atoms with van der Waals surface area (Å²) in [6.45, 7) is 1.42. The SMILES string of the molecule is CCc1ccccc1NC(=O)CN1C(=O)N/C(=C/c2cc(OC)c(O)c([N+](=O)[O-])c2)C1=O. The fraction of sp³-hybridized carbons (Fsp3) is 0.190. The number of nitro benzene ring substituents is 1. The second kappa shape index (κ2) is 9.16. The molecule has 2 aromatic rings. The molecule has 0 radical (unpaired) electrons. The second-order valence-electron chi connectivity index (χ2n) is 6.79. The van der Waals surface area contributed by atoms with Crippen molar-refractivity contribution in [3.63, 3.8) is 0 Å². The van der Waals surface area contributed by atoms with Crippen molar-refractivity contribution in [1.82, 2.24) is 10.2 Å². The largest absolute Gasteiger partial charge is 0.500 e. The lowest BCUT2D eigenvalue weighted by Crippen LogP contribution is -2.38. The Kier molecular flexibility index (Phi) is 6.38. The number of rotatable bonds is 7. The summed E-state index contributed by atoms with van der Waals surface area (Å²) in [5.41, 5.74) is 0.823. The molecule has 0 aliphatic carbocycles. The van der Waals surface area contributed by atoms with Crippen LogP contribution in [-0.4, -0.2) is 46.4 Å². The molecular weight excluding hydrogens is 420 g/mol. The third kappa shape index (κ3) is 4.51. The monoisotopic (exact) mass is 440 g/mol. The van der Waals surface area contributed by atoms with E-state index in [1.807, 2.05) is 19.1 Å². The van der Waals surface area contributed by atoms with Gasteiger partial charge in [-0.05, 0) is 35.8 Å². The summed E-state index contributed by atoms with van der Waals surface area (Å²) in [6.07, 6.45) is 1.88. The van der Waals surface area contributed by atoms with Crippen LogP contribution >= 0.6 is 0 Å². The summed E-state index contributed by atoms with van der Waals surface area (Å²) in [5.74, 6) is -2.16. The molecule has 3 N–H and O–H groups in total. The number of benzene rings is 2. The highest BCUT2D eigenvalue weighted by molar-refractivity contribution is 6.16. The van der Waals surface area contributed by atoms with E-state index >= 15 is 0 Å². The Labute approximate surface area is 182 Å². The maximum absolute atomic E-state index is 12.7. The maximum Gasteiger partial charge on any atom is 0.329 e. The van der Waals surface area contributed by atoms with Gasteiger partial charge in [0.05, 0.1) is 12.0 Å². The normalized spacial score (nSPS) is 14.4. The number of phenolic OH excluding ortho intramolecular Hbond substituents is 1. The summed E-state index contributed by atoms with van der Waals surface area (Å²) >= 11 is 0. The third-order valence-corrected chi connectivity index (χ3v) is 4.74. The molecule has 0 spiro atoms. The molecule has 166 valence electrons. The van der Waals surface area contributed by atoms with Crippen molar-refractivity contribution in [2.45, 2.75) is 13.3 Å². The van der Waals surface area contributed by atoms with Gasteiger partial charge in [0, 0.05) is 11.8 Å². The number of imide groups is 1. The maximum atomic E-state index is 12.7. The molecule has 1 aliphatic heterocycles. The summed E-state index contributed by atoms with van der Waals surface area (Å²) in [4.78, 5) is 48.4. The van der Waals surface area contributed by atoms with Crippen molar-refractivity contribution in [1.29, 1.82) is 0 Å². The number of hydrogen-bond acceptors (Lipinski definition) is 7. The molecule has 0 bridgehead atoms. The predicted molar refractivity (Wildman–Crippen MR) is 114 cm³/mol. The van der Waals surface area contributed by atoms with Crippen molar-refractivity contribution in [2.24, 2.45) is 0 Å². The van der Waals surface area contributed by atoms with Crippen LogP contribution in [0, 0.1) is 10.1 Å². The number of urea groups is 1. The zero-order valence-electron chi connectivity index (χ0n) is 17.2. The van der Waals surface area contributed by atoms with E-state index in [1.54, 1.807) is 12.1 Å². The van der Waals surface area contributed by atoms with Gasteiger partial charge in [0.15, 0.2) is 5.75 Å². The highest BCUT2D eigenvalue weighted by Crippen LogP contribution is 2.37. The number of nitrogens with one attached hydrogen (secondary N) is 2. The van der Waals surface area contributed by atoms with Crippen LogP contribution in [0.1, 0.15) is 18.1 Å². The highest BCUT2D eigenvalue weighted by atomic mass is 16.6. The van der Waals surface area contributed by atoms with Crippen molar-refractivity contribution in [2.75, 3.05) is 19.0 Å². The summed E-state index contributed by atoms with van der Waals surface area (Å²) in [6, 6.07) is 8.67. The van der Waals surface area contributed by atoms with E-state index in [2.05, 4.69) is 10.6 Å². The molecule has 0 aromatic heterocycles. The highest BCUT2D eigenvalue weighted by Gasteiger charge is 2.35. The standard InChI is InChI=1S/C21H20N4O7/c1-3-13-6-4-5-7-14(13)22-18(26)11-24-20(28)15(23-21(24)29)8-12-9-16(25(30)31)19(27)17(10-12)32-2/h4-10,27H,3,11H2,1-2H3,(H,22,26)(H,23,29)/b15-8+. The molecule has 4 amide bonds. The number of carbonyl (C=O) groups excluding carboxylic acids is 3. The molecule has 1 aliphatic rings. The van der Waals surface area contributed by atoms with Crippen LogP contribution in [0.25, 0.3) is 6.08 Å². The Hall–Kier alpha value is -4.41. The fourth-order valence-corrected chi connectivity index (χ4v) is 3.16. The van der Waals surface area contributed by atoms with Gasteiger partial charge in [0.1, 0.15) is 12.2 Å². The minimum Gasteiger partial charge on any atom is -0.500 e. The van der Waals surface area contributed by atoms with Gasteiger partial charge >= 0.3 is 11.7 Å². The number of anilines is 1. The Morgan fingerprint density at radius 3 is 2.69 bits per heavy atom. The molecule has 0 atom stereocenters.